The molecule has 2 atom stereocenters. The van der Waals surface area contributed by atoms with Crippen molar-refractivity contribution in [3.05, 3.63) is 34.9 Å². The van der Waals surface area contributed by atoms with Gasteiger partial charge in [0.25, 0.3) is 0 Å². The van der Waals surface area contributed by atoms with E-state index in [4.69, 9.17) is 4.74 Å². The second-order valence-electron chi connectivity index (χ2n) is 5.46. The van der Waals surface area contributed by atoms with E-state index in [0.717, 1.165) is 19.6 Å². The predicted molar refractivity (Wildman–Crippen MR) is 82.7 cm³/mol. The summed E-state index contributed by atoms with van der Waals surface area (Å²) in [4.78, 5) is 0. The molecular formula is C17H29NO. The third kappa shape index (κ3) is 5.75. The average Bonchev–Trinajstić information content (AvgIpc) is 2.33. The van der Waals surface area contributed by atoms with Crippen molar-refractivity contribution in [3.8, 4) is 0 Å². The zero-order chi connectivity index (χ0) is 14.3. The number of ether oxygens (including phenoxy) is 1. The van der Waals surface area contributed by atoms with Crippen LogP contribution >= 0.6 is 0 Å². The van der Waals surface area contributed by atoms with E-state index < -0.39 is 0 Å². The number of rotatable bonds is 8. The molecule has 1 N–H and O–H groups in total. The van der Waals surface area contributed by atoms with Gasteiger partial charge in [0, 0.05) is 0 Å². The van der Waals surface area contributed by atoms with Crippen LogP contribution in [0.15, 0.2) is 18.2 Å². The second kappa shape index (κ2) is 8.34. The fourth-order valence-corrected chi connectivity index (χ4v) is 2.48. The molecule has 2 unspecified atom stereocenters. The topological polar surface area (TPSA) is 21.3 Å². The molecule has 2 heteroatoms. The number of benzene rings is 1. The average molecular weight is 263 g/mol. The fourth-order valence-electron chi connectivity index (χ4n) is 2.48. The summed E-state index contributed by atoms with van der Waals surface area (Å²) in [6.45, 7) is 12.5. The van der Waals surface area contributed by atoms with Gasteiger partial charge in [0.15, 0.2) is 0 Å². The summed E-state index contributed by atoms with van der Waals surface area (Å²) < 4.78 is 5.97. The molecule has 0 heterocycles. The summed E-state index contributed by atoms with van der Waals surface area (Å²) >= 11 is 0. The molecule has 0 saturated carbocycles. The van der Waals surface area contributed by atoms with Crippen molar-refractivity contribution < 1.29 is 4.74 Å². The molecule has 1 rings (SSSR count). The van der Waals surface area contributed by atoms with Gasteiger partial charge in [0.2, 0.25) is 0 Å². The molecule has 108 valence electrons. The Bertz CT molecular complexity index is 355. The summed E-state index contributed by atoms with van der Waals surface area (Å²) in [5.74, 6) is 0. The van der Waals surface area contributed by atoms with Crippen molar-refractivity contribution in [1.29, 1.82) is 0 Å². The molecule has 0 aliphatic rings. The van der Waals surface area contributed by atoms with Gasteiger partial charge >= 0.3 is 0 Å². The van der Waals surface area contributed by atoms with Gasteiger partial charge in [-0.05, 0) is 39.3 Å². The minimum absolute atomic E-state index is 0.294. The summed E-state index contributed by atoms with van der Waals surface area (Å²) in [6, 6.07) is 7.03. The Kier molecular flexibility index (Phi) is 7.11. The molecule has 19 heavy (non-hydrogen) atoms. The van der Waals surface area contributed by atoms with Crippen molar-refractivity contribution in [2.24, 2.45) is 0 Å². The standard InChI is InChI=1S/C17H29NO/c1-6-8-15(5)19-12-17(18-7-2)16-10-13(3)9-14(4)11-16/h9-11,15,17-18H,6-8,12H2,1-5H3. The fraction of sp³-hybridized carbons (Fsp3) is 0.647. The number of nitrogens with one attached hydrogen (secondary N) is 1. The summed E-state index contributed by atoms with van der Waals surface area (Å²) in [6.07, 6.45) is 2.65. The van der Waals surface area contributed by atoms with Gasteiger partial charge in [-0.25, -0.2) is 0 Å². The smallest absolute Gasteiger partial charge is 0.0665 e. The number of likely N-dealkylation sites (N-methyl/N-ethyl adjacent to an activating group) is 1. The van der Waals surface area contributed by atoms with Gasteiger partial charge in [-0.2, -0.15) is 0 Å². The van der Waals surface area contributed by atoms with Crippen LogP contribution in [0.2, 0.25) is 0 Å². The van der Waals surface area contributed by atoms with Crippen molar-refractivity contribution in [1.82, 2.24) is 5.32 Å². The molecule has 0 bridgehead atoms. The van der Waals surface area contributed by atoms with E-state index in [9.17, 15) is 0 Å². The molecule has 0 aromatic heterocycles. The minimum Gasteiger partial charge on any atom is -0.377 e. The zero-order valence-electron chi connectivity index (χ0n) is 13.1. The van der Waals surface area contributed by atoms with Crippen LogP contribution in [0.5, 0.6) is 0 Å². The molecule has 0 amide bonds. The summed E-state index contributed by atoms with van der Waals surface area (Å²) in [5.41, 5.74) is 3.97. The minimum atomic E-state index is 0.294. The van der Waals surface area contributed by atoms with Crippen LogP contribution in [0.25, 0.3) is 0 Å². The van der Waals surface area contributed by atoms with Crippen molar-refractivity contribution >= 4 is 0 Å². The summed E-state index contributed by atoms with van der Waals surface area (Å²) in [7, 11) is 0. The highest BCUT2D eigenvalue weighted by Gasteiger charge is 2.13. The van der Waals surface area contributed by atoms with Gasteiger partial charge in [0.05, 0.1) is 18.8 Å². The molecule has 1 aromatic rings. The first-order valence-electron chi connectivity index (χ1n) is 7.50. The Morgan fingerprint density at radius 1 is 1.11 bits per heavy atom. The Hall–Kier alpha value is -0.860. The monoisotopic (exact) mass is 263 g/mol. The Balaban J connectivity index is 2.70. The quantitative estimate of drug-likeness (QED) is 0.760. The Morgan fingerprint density at radius 2 is 1.74 bits per heavy atom. The lowest BCUT2D eigenvalue weighted by Gasteiger charge is -2.22. The third-order valence-corrected chi connectivity index (χ3v) is 3.34. The first-order chi connectivity index (χ1) is 9.06. The van der Waals surface area contributed by atoms with Crippen molar-refractivity contribution in [2.75, 3.05) is 13.2 Å². The SMILES string of the molecule is CCCC(C)OCC(NCC)c1cc(C)cc(C)c1. The molecule has 0 spiro atoms. The highest BCUT2D eigenvalue weighted by Crippen LogP contribution is 2.18. The van der Waals surface area contributed by atoms with Gasteiger partial charge in [-0.15, -0.1) is 0 Å². The van der Waals surface area contributed by atoms with Gasteiger partial charge in [0.1, 0.15) is 0 Å². The molecule has 0 saturated heterocycles. The molecule has 0 aliphatic heterocycles. The van der Waals surface area contributed by atoms with Gasteiger partial charge < -0.3 is 10.1 Å². The summed E-state index contributed by atoms with van der Waals surface area (Å²) in [5, 5.41) is 3.53. The maximum absolute atomic E-state index is 5.97. The van der Waals surface area contributed by atoms with Crippen LogP contribution in [0.3, 0.4) is 0 Å². The molecule has 1 aromatic carbocycles. The maximum Gasteiger partial charge on any atom is 0.0665 e. The van der Waals surface area contributed by atoms with Crippen LogP contribution in [0, 0.1) is 13.8 Å². The van der Waals surface area contributed by atoms with Crippen molar-refractivity contribution in [3.63, 3.8) is 0 Å². The molecule has 0 aliphatic carbocycles. The first-order valence-corrected chi connectivity index (χ1v) is 7.50. The Morgan fingerprint density at radius 3 is 2.26 bits per heavy atom. The van der Waals surface area contributed by atoms with Crippen LogP contribution < -0.4 is 5.32 Å². The second-order valence-corrected chi connectivity index (χ2v) is 5.46. The van der Waals surface area contributed by atoms with Crippen molar-refractivity contribution in [2.45, 2.75) is 59.6 Å². The highest BCUT2D eigenvalue weighted by atomic mass is 16.5. The molecule has 0 radical (unpaired) electrons. The van der Waals surface area contributed by atoms with E-state index >= 15 is 0 Å². The van der Waals surface area contributed by atoms with E-state index in [-0.39, 0.29) is 0 Å². The normalized spacial score (nSPS) is 14.4. The van der Waals surface area contributed by atoms with Gasteiger partial charge in [-0.1, -0.05) is 49.6 Å². The van der Waals surface area contributed by atoms with Crippen LogP contribution in [-0.2, 0) is 4.74 Å². The lowest BCUT2D eigenvalue weighted by Crippen LogP contribution is -2.27. The number of hydrogen-bond acceptors (Lipinski definition) is 2. The number of hydrogen-bond donors (Lipinski definition) is 1. The van der Waals surface area contributed by atoms with E-state index in [1.807, 2.05) is 0 Å². The Labute approximate surface area is 118 Å². The maximum atomic E-state index is 5.97. The van der Waals surface area contributed by atoms with Crippen LogP contribution in [-0.4, -0.2) is 19.3 Å². The lowest BCUT2D eigenvalue weighted by atomic mass is 10.0. The van der Waals surface area contributed by atoms with E-state index in [2.05, 4.69) is 58.1 Å². The van der Waals surface area contributed by atoms with E-state index in [1.54, 1.807) is 0 Å². The largest absolute Gasteiger partial charge is 0.377 e. The zero-order valence-corrected chi connectivity index (χ0v) is 13.1. The molecule has 2 nitrogen and oxygen atoms in total. The number of aryl methyl sites for hydroxylation is 2. The van der Waals surface area contributed by atoms with E-state index in [1.165, 1.54) is 23.1 Å². The lowest BCUT2D eigenvalue weighted by molar-refractivity contribution is 0.0442. The van der Waals surface area contributed by atoms with E-state index in [0.29, 0.717) is 12.1 Å². The predicted octanol–water partition coefficient (Wildman–Crippen LogP) is 4.16. The third-order valence-electron chi connectivity index (χ3n) is 3.34. The van der Waals surface area contributed by atoms with Gasteiger partial charge in [-0.3, -0.25) is 0 Å². The van der Waals surface area contributed by atoms with Crippen LogP contribution in [0.1, 0.15) is 56.3 Å². The molecule has 0 fully saturated rings. The highest BCUT2D eigenvalue weighted by molar-refractivity contribution is 5.30. The first kappa shape index (κ1) is 16.2. The van der Waals surface area contributed by atoms with Crippen LogP contribution in [0.4, 0.5) is 0 Å². The molecular weight excluding hydrogens is 234 g/mol.